The Morgan fingerprint density at radius 3 is 2.17 bits per heavy atom. The van der Waals surface area contributed by atoms with Gasteiger partial charge in [-0.1, -0.05) is 62.8 Å². The van der Waals surface area contributed by atoms with E-state index in [0.717, 1.165) is 5.33 Å². The van der Waals surface area contributed by atoms with Crippen LogP contribution in [-0.4, -0.2) is 4.43 Å². The Kier molecular flexibility index (Phi) is 5.23. The summed E-state index contributed by atoms with van der Waals surface area (Å²) in [5, 5.41) is 0.958. The van der Waals surface area contributed by atoms with E-state index in [9.17, 15) is 0 Å². The van der Waals surface area contributed by atoms with Crippen molar-refractivity contribution in [1.82, 2.24) is 0 Å². The summed E-state index contributed by atoms with van der Waals surface area (Å²) in [7, 11) is 0. The molecule has 0 amide bonds. The van der Waals surface area contributed by atoms with Crippen LogP contribution in [0, 0.1) is 0 Å². The topological polar surface area (TPSA) is 0 Å². The fourth-order valence-corrected chi connectivity index (χ4v) is 1.82. The number of alkyl halides is 2. The van der Waals surface area contributed by atoms with Crippen molar-refractivity contribution in [2.45, 2.75) is 18.2 Å². The lowest BCUT2D eigenvalue weighted by Gasteiger charge is -2.00. The van der Waals surface area contributed by atoms with Gasteiger partial charge in [0.15, 0.2) is 0 Å². The largest absolute Gasteiger partial charge is 0.0876 e. The first-order valence-corrected chi connectivity index (χ1v) is 6.71. The Bertz CT molecular complexity index is 218. The van der Waals surface area contributed by atoms with Gasteiger partial charge in [0.05, 0.1) is 0 Å². The number of hydrogen-bond acceptors (Lipinski definition) is 0. The Morgan fingerprint density at radius 1 is 1.08 bits per heavy atom. The molecule has 0 aliphatic carbocycles. The minimum atomic E-state index is 0.958. The second kappa shape index (κ2) is 5.97. The van der Waals surface area contributed by atoms with E-state index in [0.29, 0.717) is 0 Å². The van der Waals surface area contributed by atoms with Gasteiger partial charge in [0.1, 0.15) is 0 Å². The van der Waals surface area contributed by atoms with Crippen LogP contribution in [0.1, 0.15) is 17.5 Å². The molecule has 2 heteroatoms. The molecule has 1 aromatic rings. The molecular formula is C10H12BrI. The van der Waals surface area contributed by atoms with Crippen molar-refractivity contribution in [3.8, 4) is 0 Å². The van der Waals surface area contributed by atoms with E-state index in [1.807, 2.05) is 0 Å². The van der Waals surface area contributed by atoms with Crippen molar-refractivity contribution in [2.75, 3.05) is 4.43 Å². The number of halogens is 2. The molecule has 0 saturated carbocycles. The van der Waals surface area contributed by atoms with E-state index < -0.39 is 0 Å². The first kappa shape index (κ1) is 10.5. The summed E-state index contributed by atoms with van der Waals surface area (Å²) in [6.07, 6.45) is 2.50. The van der Waals surface area contributed by atoms with Gasteiger partial charge in [0, 0.05) is 5.33 Å². The quantitative estimate of drug-likeness (QED) is 0.576. The van der Waals surface area contributed by atoms with Crippen LogP contribution in [0.4, 0.5) is 0 Å². The molecule has 0 saturated heterocycles. The lowest BCUT2D eigenvalue weighted by molar-refractivity contribution is 0.945. The molecule has 0 unspecified atom stereocenters. The molecule has 0 spiro atoms. The van der Waals surface area contributed by atoms with Crippen molar-refractivity contribution in [3.63, 3.8) is 0 Å². The van der Waals surface area contributed by atoms with E-state index in [-0.39, 0.29) is 0 Å². The summed E-state index contributed by atoms with van der Waals surface area (Å²) < 4.78 is 1.25. The average molecular weight is 339 g/mol. The van der Waals surface area contributed by atoms with E-state index in [1.165, 1.54) is 28.4 Å². The molecule has 0 aliphatic heterocycles. The molecule has 0 heterocycles. The third kappa shape index (κ3) is 3.44. The summed E-state index contributed by atoms with van der Waals surface area (Å²) in [5.41, 5.74) is 2.81. The molecule has 0 radical (unpaired) electrons. The lowest BCUT2D eigenvalue weighted by Crippen LogP contribution is -1.86. The molecule has 0 nitrogen and oxygen atoms in total. The average Bonchev–Trinajstić information content (AvgIpc) is 2.15. The van der Waals surface area contributed by atoms with Gasteiger partial charge in [0.25, 0.3) is 0 Å². The van der Waals surface area contributed by atoms with Crippen LogP contribution in [0.5, 0.6) is 0 Å². The van der Waals surface area contributed by atoms with Gasteiger partial charge >= 0.3 is 0 Å². The van der Waals surface area contributed by atoms with Gasteiger partial charge in [-0.3, -0.25) is 0 Å². The molecule has 1 aromatic carbocycles. The maximum Gasteiger partial charge on any atom is 0.0283 e. The van der Waals surface area contributed by atoms with Crippen LogP contribution in [0.3, 0.4) is 0 Å². The highest BCUT2D eigenvalue weighted by Crippen LogP contribution is 2.09. The summed E-state index contributed by atoms with van der Waals surface area (Å²) in [5.74, 6) is 0. The van der Waals surface area contributed by atoms with Gasteiger partial charge in [-0.15, -0.1) is 0 Å². The summed E-state index contributed by atoms with van der Waals surface area (Å²) in [6, 6.07) is 8.83. The van der Waals surface area contributed by atoms with Crippen molar-refractivity contribution in [1.29, 1.82) is 0 Å². The Hall–Kier alpha value is 0.430. The molecular weight excluding hydrogens is 327 g/mol. The summed E-state index contributed by atoms with van der Waals surface area (Å²) >= 11 is 5.85. The molecule has 66 valence electrons. The van der Waals surface area contributed by atoms with Crippen LogP contribution in [0.15, 0.2) is 24.3 Å². The minimum absolute atomic E-state index is 0.958. The van der Waals surface area contributed by atoms with Gasteiger partial charge in [-0.25, -0.2) is 0 Å². The number of benzene rings is 1. The third-order valence-corrected chi connectivity index (χ3v) is 3.19. The SMILES string of the molecule is BrCc1ccc(CCCI)cc1. The number of hydrogen-bond donors (Lipinski definition) is 0. The Labute approximate surface area is 96.0 Å². The molecule has 0 fully saturated rings. The first-order chi connectivity index (χ1) is 5.86. The number of aryl methyl sites for hydroxylation is 1. The molecule has 0 N–H and O–H groups in total. The zero-order valence-electron chi connectivity index (χ0n) is 6.89. The van der Waals surface area contributed by atoms with Crippen LogP contribution in [0.25, 0.3) is 0 Å². The standard InChI is InChI=1S/C10H12BrI/c11-8-10-5-3-9(4-6-10)2-1-7-12/h3-6H,1-2,7-8H2. The number of rotatable bonds is 4. The molecule has 1 rings (SSSR count). The summed E-state index contributed by atoms with van der Waals surface area (Å²) in [6.45, 7) is 0. The minimum Gasteiger partial charge on any atom is -0.0876 e. The maximum atomic E-state index is 3.43. The zero-order valence-corrected chi connectivity index (χ0v) is 10.6. The van der Waals surface area contributed by atoms with Crippen molar-refractivity contribution < 1.29 is 0 Å². The Morgan fingerprint density at radius 2 is 1.67 bits per heavy atom. The first-order valence-electron chi connectivity index (χ1n) is 4.06. The van der Waals surface area contributed by atoms with E-state index >= 15 is 0 Å². The van der Waals surface area contributed by atoms with Gasteiger partial charge in [0.2, 0.25) is 0 Å². The van der Waals surface area contributed by atoms with Crippen LogP contribution in [-0.2, 0) is 11.8 Å². The van der Waals surface area contributed by atoms with Gasteiger partial charge < -0.3 is 0 Å². The van der Waals surface area contributed by atoms with Crippen LogP contribution in [0.2, 0.25) is 0 Å². The highest BCUT2D eigenvalue weighted by Gasteiger charge is 1.92. The molecule has 0 bridgehead atoms. The summed E-state index contributed by atoms with van der Waals surface area (Å²) in [4.78, 5) is 0. The van der Waals surface area contributed by atoms with Gasteiger partial charge in [-0.05, 0) is 28.4 Å². The molecule has 0 aromatic heterocycles. The van der Waals surface area contributed by atoms with Crippen molar-refractivity contribution in [2.24, 2.45) is 0 Å². The third-order valence-electron chi connectivity index (χ3n) is 1.78. The smallest absolute Gasteiger partial charge is 0.0283 e. The van der Waals surface area contributed by atoms with Gasteiger partial charge in [-0.2, -0.15) is 0 Å². The lowest BCUT2D eigenvalue weighted by atomic mass is 10.1. The van der Waals surface area contributed by atoms with E-state index in [1.54, 1.807) is 0 Å². The fraction of sp³-hybridized carbons (Fsp3) is 0.400. The Balaban J connectivity index is 2.53. The fourth-order valence-electron chi connectivity index (χ4n) is 1.07. The van der Waals surface area contributed by atoms with Crippen LogP contribution >= 0.6 is 38.5 Å². The molecule has 0 aliphatic rings. The maximum absolute atomic E-state index is 3.43. The van der Waals surface area contributed by atoms with E-state index in [2.05, 4.69) is 62.8 Å². The molecule has 12 heavy (non-hydrogen) atoms. The van der Waals surface area contributed by atoms with Crippen LogP contribution < -0.4 is 0 Å². The van der Waals surface area contributed by atoms with E-state index in [4.69, 9.17) is 0 Å². The molecule has 0 atom stereocenters. The second-order valence-corrected chi connectivity index (χ2v) is 4.38. The zero-order chi connectivity index (χ0) is 8.81. The van der Waals surface area contributed by atoms with Crippen molar-refractivity contribution in [3.05, 3.63) is 35.4 Å². The normalized spacial score (nSPS) is 10.2. The van der Waals surface area contributed by atoms with Crippen molar-refractivity contribution >= 4 is 38.5 Å². The predicted molar refractivity (Wildman–Crippen MR) is 66.3 cm³/mol. The second-order valence-electron chi connectivity index (χ2n) is 2.74. The monoisotopic (exact) mass is 338 g/mol. The highest BCUT2D eigenvalue weighted by atomic mass is 127. The highest BCUT2D eigenvalue weighted by molar-refractivity contribution is 14.1. The predicted octanol–water partition coefficient (Wildman–Crippen LogP) is 3.95.